The van der Waals surface area contributed by atoms with Gasteiger partial charge in [0.1, 0.15) is 0 Å². The second-order valence-corrected chi connectivity index (χ2v) is 2.89. The molecule has 0 spiro atoms. The normalized spacial score (nSPS) is 41.1. The van der Waals surface area contributed by atoms with Gasteiger partial charge < -0.3 is 4.74 Å². The molecule has 0 bridgehead atoms. The monoisotopic (exact) mass is 150 g/mol. The number of hydrogen-bond acceptors (Lipinski definition) is 1. The van der Waals surface area contributed by atoms with Crippen molar-refractivity contribution in [1.82, 2.24) is 0 Å². The van der Waals surface area contributed by atoms with Crippen LogP contribution in [0.25, 0.3) is 0 Å². The summed E-state index contributed by atoms with van der Waals surface area (Å²) >= 11 is 0. The van der Waals surface area contributed by atoms with Crippen LogP contribution in [0.1, 0.15) is 20.3 Å². The molecule has 1 nitrogen and oxygen atoms in total. The maximum absolute atomic E-state index is 12.1. The first-order valence-electron chi connectivity index (χ1n) is 3.55. The van der Waals surface area contributed by atoms with Gasteiger partial charge in [-0.05, 0) is 20.3 Å². The number of rotatable bonds is 1. The minimum atomic E-state index is -2.22. The molecule has 1 heterocycles. The van der Waals surface area contributed by atoms with Crippen molar-refractivity contribution in [2.75, 3.05) is 0 Å². The van der Waals surface area contributed by atoms with Crippen LogP contribution in [0.2, 0.25) is 0 Å². The molecular formula is C7H12F2O. The highest BCUT2D eigenvalue weighted by Gasteiger charge is 2.35. The Kier molecular flexibility index (Phi) is 2.24. The average molecular weight is 150 g/mol. The fourth-order valence-corrected chi connectivity index (χ4v) is 1.41. The largest absolute Gasteiger partial charge is 0.375 e. The molecule has 60 valence electrons. The SMILES string of the molecule is CC1CC(C(F)F)C(C)O1. The van der Waals surface area contributed by atoms with Crippen LogP contribution in [0.3, 0.4) is 0 Å². The van der Waals surface area contributed by atoms with E-state index in [1.165, 1.54) is 0 Å². The van der Waals surface area contributed by atoms with Crippen LogP contribution in [-0.2, 0) is 4.74 Å². The highest BCUT2D eigenvalue weighted by atomic mass is 19.3. The Bertz CT molecular complexity index is 116. The van der Waals surface area contributed by atoms with Crippen LogP contribution in [0.15, 0.2) is 0 Å². The van der Waals surface area contributed by atoms with Crippen molar-refractivity contribution in [2.45, 2.75) is 38.9 Å². The Morgan fingerprint density at radius 2 is 2.00 bits per heavy atom. The fourth-order valence-electron chi connectivity index (χ4n) is 1.41. The van der Waals surface area contributed by atoms with Gasteiger partial charge >= 0.3 is 0 Å². The summed E-state index contributed by atoms with van der Waals surface area (Å²) in [5.74, 6) is -0.546. The lowest BCUT2D eigenvalue weighted by molar-refractivity contribution is 0.0108. The minimum Gasteiger partial charge on any atom is -0.375 e. The molecule has 0 aliphatic carbocycles. The van der Waals surface area contributed by atoms with E-state index in [4.69, 9.17) is 4.74 Å². The first-order chi connectivity index (χ1) is 4.61. The zero-order valence-electron chi connectivity index (χ0n) is 6.18. The zero-order chi connectivity index (χ0) is 7.72. The van der Waals surface area contributed by atoms with Gasteiger partial charge in [0.2, 0.25) is 6.43 Å². The number of halogens is 2. The summed E-state index contributed by atoms with van der Waals surface area (Å²) in [7, 11) is 0. The maximum Gasteiger partial charge on any atom is 0.243 e. The van der Waals surface area contributed by atoms with Gasteiger partial charge in [-0.3, -0.25) is 0 Å². The molecule has 0 aromatic rings. The van der Waals surface area contributed by atoms with E-state index < -0.39 is 12.3 Å². The second-order valence-electron chi connectivity index (χ2n) is 2.89. The van der Waals surface area contributed by atoms with Gasteiger partial charge in [0, 0.05) is 5.92 Å². The molecule has 0 radical (unpaired) electrons. The Balaban J connectivity index is 2.46. The predicted octanol–water partition coefficient (Wildman–Crippen LogP) is 2.06. The van der Waals surface area contributed by atoms with E-state index in [1.54, 1.807) is 6.92 Å². The Labute approximate surface area is 59.4 Å². The quantitative estimate of drug-likeness (QED) is 0.556. The Hall–Kier alpha value is -0.180. The first kappa shape index (κ1) is 7.92. The summed E-state index contributed by atoms with van der Waals surface area (Å²) in [5, 5.41) is 0. The van der Waals surface area contributed by atoms with Crippen molar-refractivity contribution in [1.29, 1.82) is 0 Å². The van der Waals surface area contributed by atoms with Crippen molar-refractivity contribution in [3.05, 3.63) is 0 Å². The van der Waals surface area contributed by atoms with E-state index in [-0.39, 0.29) is 12.2 Å². The highest BCUT2D eigenvalue weighted by Crippen LogP contribution is 2.30. The van der Waals surface area contributed by atoms with Gasteiger partial charge in [0.25, 0.3) is 0 Å². The van der Waals surface area contributed by atoms with Crippen molar-refractivity contribution < 1.29 is 13.5 Å². The number of alkyl halides is 2. The summed E-state index contributed by atoms with van der Waals surface area (Å²) in [5.41, 5.74) is 0. The van der Waals surface area contributed by atoms with Crippen LogP contribution in [0, 0.1) is 5.92 Å². The van der Waals surface area contributed by atoms with E-state index in [9.17, 15) is 8.78 Å². The summed E-state index contributed by atoms with van der Waals surface area (Å²) in [6, 6.07) is 0. The highest BCUT2D eigenvalue weighted by molar-refractivity contribution is 4.78. The van der Waals surface area contributed by atoms with Crippen molar-refractivity contribution in [3.8, 4) is 0 Å². The van der Waals surface area contributed by atoms with Crippen LogP contribution >= 0.6 is 0 Å². The minimum absolute atomic E-state index is 0.00833. The lowest BCUT2D eigenvalue weighted by Gasteiger charge is -2.11. The molecule has 3 atom stereocenters. The zero-order valence-corrected chi connectivity index (χ0v) is 6.18. The van der Waals surface area contributed by atoms with Crippen LogP contribution < -0.4 is 0 Å². The fraction of sp³-hybridized carbons (Fsp3) is 1.00. The summed E-state index contributed by atoms with van der Waals surface area (Å²) in [6.45, 7) is 3.54. The average Bonchev–Trinajstić information content (AvgIpc) is 2.10. The Morgan fingerprint density at radius 1 is 1.40 bits per heavy atom. The summed E-state index contributed by atoms with van der Waals surface area (Å²) < 4.78 is 29.3. The molecule has 1 aliphatic rings. The first-order valence-corrected chi connectivity index (χ1v) is 3.55. The van der Waals surface area contributed by atoms with Crippen LogP contribution in [0.4, 0.5) is 8.78 Å². The van der Waals surface area contributed by atoms with Crippen molar-refractivity contribution >= 4 is 0 Å². The van der Waals surface area contributed by atoms with Gasteiger partial charge in [-0.25, -0.2) is 8.78 Å². The van der Waals surface area contributed by atoms with Crippen LogP contribution in [-0.4, -0.2) is 18.6 Å². The molecule has 10 heavy (non-hydrogen) atoms. The molecule has 0 amide bonds. The summed E-state index contributed by atoms with van der Waals surface area (Å²) in [4.78, 5) is 0. The molecular weight excluding hydrogens is 138 g/mol. The van der Waals surface area contributed by atoms with Gasteiger partial charge in [-0.2, -0.15) is 0 Å². The number of ether oxygens (including phenoxy) is 1. The van der Waals surface area contributed by atoms with Crippen molar-refractivity contribution in [2.24, 2.45) is 5.92 Å². The summed E-state index contributed by atoms with van der Waals surface area (Å²) in [6.07, 6.45) is -1.98. The maximum atomic E-state index is 12.1. The molecule has 1 rings (SSSR count). The lowest BCUT2D eigenvalue weighted by Crippen LogP contribution is -2.18. The molecule has 1 aliphatic heterocycles. The molecule has 3 unspecified atom stereocenters. The molecule has 3 heteroatoms. The molecule has 1 fully saturated rings. The van der Waals surface area contributed by atoms with Crippen molar-refractivity contribution in [3.63, 3.8) is 0 Å². The standard InChI is InChI=1S/C7H12F2O/c1-4-3-6(7(8)9)5(2)10-4/h4-7H,3H2,1-2H3. The van der Waals surface area contributed by atoms with Gasteiger partial charge in [0.05, 0.1) is 12.2 Å². The van der Waals surface area contributed by atoms with E-state index in [2.05, 4.69) is 0 Å². The molecule has 0 N–H and O–H groups in total. The molecule has 0 aromatic heterocycles. The van der Waals surface area contributed by atoms with Gasteiger partial charge in [0.15, 0.2) is 0 Å². The van der Waals surface area contributed by atoms with E-state index in [0.29, 0.717) is 6.42 Å². The predicted molar refractivity (Wildman–Crippen MR) is 34.1 cm³/mol. The topological polar surface area (TPSA) is 9.23 Å². The third kappa shape index (κ3) is 1.45. The van der Waals surface area contributed by atoms with E-state index >= 15 is 0 Å². The van der Waals surface area contributed by atoms with E-state index in [1.807, 2.05) is 6.92 Å². The molecule has 1 saturated heterocycles. The van der Waals surface area contributed by atoms with Crippen LogP contribution in [0.5, 0.6) is 0 Å². The lowest BCUT2D eigenvalue weighted by atomic mass is 10.0. The Morgan fingerprint density at radius 3 is 2.20 bits per heavy atom. The van der Waals surface area contributed by atoms with Gasteiger partial charge in [-0.1, -0.05) is 0 Å². The number of hydrogen-bond donors (Lipinski definition) is 0. The second kappa shape index (κ2) is 2.82. The van der Waals surface area contributed by atoms with E-state index in [0.717, 1.165) is 0 Å². The molecule has 0 saturated carbocycles. The third-order valence-corrected chi connectivity index (χ3v) is 1.98. The third-order valence-electron chi connectivity index (χ3n) is 1.98. The van der Waals surface area contributed by atoms with Gasteiger partial charge in [-0.15, -0.1) is 0 Å². The molecule has 0 aromatic carbocycles. The smallest absolute Gasteiger partial charge is 0.243 e.